The summed E-state index contributed by atoms with van der Waals surface area (Å²) in [4.78, 5) is 0. The van der Waals surface area contributed by atoms with Gasteiger partial charge in [0.15, 0.2) is 0 Å². The second kappa shape index (κ2) is 7.62. The Balaban J connectivity index is 2.04. The van der Waals surface area contributed by atoms with Crippen molar-refractivity contribution < 1.29 is 9.13 Å². The molecule has 1 N–H and O–H groups in total. The third kappa shape index (κ3) is 4.45. The predicted molar refractivity (Wildman–Crippen MR) is 82.3 cm³/mol. The summed E-state index contributed by atoms with van der Waals surface area (Å²) in [5.74, 6) is 1.89. The van der Waals surface area contributed by atoms with E-state index >= 15 is 0 Å². The van der Waals surface area contributed by atoms with Gasteiger partial charge in [-0.1, -0.05) is 13.0 Å². The van der Waals surface area contributed by atoms with Gasteiger partial charge in [-0.2, -0.15) is 11.8 Å². The van der Waals surface area contributed by atoms with Gasteiger partial charge in [0.2, 0.25) is 0 Å². The van der Waals surface area contributed by atoms with Crippen molar-refractivity contribution in [3.05, 3.63) is 34.1 Å². The summed E-state index contributed by atoms with van der Waals surface area (Å²) in [5, 5.41) is 3.49. The quantitative estimate of drug-likeness (QED) is 0.883. The largest absolute Gasteiger partial charge is 0.375 e. The lowest BCUT2D eigenvalue weighted by Gasteiger charge is -2.31. The van der Waals surface area contributed by atoms with Crippen LogP contribution in [0, 0.1) is 5.82 Å². The SMILES string of the molecule is CCNC(Cc1ccc(F)c(Br)c1)C1CSCCO1. The van der Waals surface area contributed by atoms with Gasteiger partial charge in [0.1, 0.15) is 5.82 Å². The summed E-state index contributed by atoms with van der Waals surface area (Å²) in [6.45, 7) is 3.84. The van der Waals surface area contributed by atoms with E-state index in [-0.39, 0.29) is 18.0 Å². The normalized spacial score (nSPS) is 21.3. The Morgan fingerprint density at radius 2 is 2.42 bits per heavy atom. The number of likely N-dealkylation sites (N-methyl/N-ethyl adjacent to an activating group) is 1. The molecule has 2 unspecified atom stereocenters. The molecule has 2 atom stereocenters. The van der Waals surface area contributed by atoms with E-state index in [4.69, 9.17) is 4.74 Å². The molecule has 2 nitrogen and oxygen atoms in total. The minimum absolute atomic E-state index is 0.215. The molecule has 0 amide bonds. The van der Waals surface area contributed by atoms with Crippen LogP contribution < -0.4 is 5.32 Å². The first-order valence-corrected chi connectivity index (χ1v) is 8.52. The standard InChI is InChI=1S/C14H19BrFNOS/c1-2-17-13(14-9-19-6-5-18-14)8-10-3-4-12(16)11(15)7-10/h3-4,7,13-14,17H,2,5-6,8-9H2,1H3. The molecular formula is C14H19BrFNOS. The topological polar surface area (TPSA) is 21.3 Å². The van der Waals surface area contributed by atoms with Crippen LogP contribution in [0.25, 0.3) is 0 Å². The molecule has 1 aliphatic heterocycles. The zero-order valence-electron chi connectivity index (χ0n) is 11.0. The molecule has 0 aromatic heterocycles. The third-order valence-corrected chi connectivity index (χ3v) is 4.82. The second-order valence-corrected chi connectivity index (χ2v) is 6.61. The summed E-state index contributed by atoms with van der Waals surface area (Å²) in [6.07, 6.45) is 1.10. The Morgan fingerprint density at radius 1 is 1.58 bits per heavy atom. The molecule has 106 valence electrons. The molecule has 0 bridgehead atoms. The van der Waals surface area contributed by atoms with Gasteiger partial charge in [0, 0.05) is 17.5 Å². The molecule has 0 spiro atoms. The first-order chi connectivity index (χ1) is 9.20. The number of ether oxygens (including phenoxy) is 1. The van der Waals surface area contributed by atoms with Crippen molar-refractivity contribution in [2.75, 3.05) is 24.7 Å². The zero-order chi connectivity index (χ0) is 13.7. The lowest BCUT2D eigenvalue weighted by molar-refractivity contribution is 0.0476. The van der Waals surface area contributed by atoms with Gasteiger partial charge in [-0.3, -0.25) is 0 Å². The number of benzene rings is 1. The molecule has 0 saturated carbocycles. The highest BCUT2D eigenvalue weighted by Gasteiger charge is 2.24. The predicted octanol–water partition coefficient (Wildman–Crippen LogP) is 3.24. The molecule has 1 aromatic rings. The van der Waals surface area contributed by atoms with Crippen LogP contribution in [0.4, 0.5) is 4.39 Å². The molecule has 0 aliphatic carbocycles. The summed E-state index contributed by atoms with van der Waals surface area (Å²) in [6, 6.07) is 5.50. The van der Waals surface area contributed by atoms with E-state index in [2.05, 4.69) is 28.2 Å². The van der Waals surface area contributed by atoms with Crippen LogP contribution in [0.15, 0.2) is 22.7 Å². The summed E-state index contributed by atoms with van der Waals surface area (Å²) in [7, 11) is 0. The summed E-state index contributed by atoms with van der Waals surface area (Å²) >= 11 is 5.18. The van der Waals surface area contributed by atoms with Gasteiger partial charge in [-0.25, -0.2) is 4.39 Å². The van der Waals surface area contributed by atoms with E-state index in [0.29, 0.717) is 4.47 Å². The maximum atomic E-state index is 13.2. The van der Waals surface area contributed by atoms with Crippen molar-refractivity contribution in [2.24, 2.45) is 0 Å². The monoisotopic (exact) mass is 347 g/mol. The number of halogens is 2. The Hall–Kier alpha value is -0.100. The molecule has 5 heteroatoms. The van der Waals surface area contributed by atoms with Crippen LogP contribution in [-0.4, -0.2) is 36.8 Å². The molecule has 19 heavy (non-hydrogen) atoms. The smallest absolute Gasteiger partial charge is 0.137 e. The van der Waals surface area contributed by atoms with E-state index in [1.54, 1.807) is 0 Å². The Bertz CT molecular complexity index is 412. The van der Waals surface area contributed by atoms with E-state index < -0.39 is 0 Å². The highest BCUT2D eigenvalue weighted by Crippen LogP contribution is 2.21. The first-order valence-electron chi connectivity index (χ1n) is 6.57. The van der Waals surface area contributed by atoms with Crippen molar-refractivity contribution in [3.8, 4) is 0 Å². The summed E-state index contributed by atoms with van der Waals surface area (Å²) in [5.41, 5.74) is 1.12. The van der Waals surface area contributed by atoms with Crippen LogP contribution in [0.2, 0.25) is 0 Å². The average Bonchev–Trinajstić information content (AvgIpc) is 2.43. The lowest BCUT2D eigenvalue weighted by Crippen LogP contribution is -2.46. The minimum atomic E-state index is -0.215. The van der Waals surface area contributed by atoms with Crippen LogP contribution >= 0.6 is 27.7 Å². The van der Waals surface area contributed by atoms with E-state index in [1.807, 2.05) is 23.9 Å². The fourth-order valence-corrected chi connectivity index (χ4v) is 3.62. The first kappa shape index (κ1) is 15.3. The van der Waals surface area contributed by atoms with E-state index in [9.17, 15) is 4.39 Å². The summed E-state index contributed by atoms with van der Waals surface area (Å²) < 4.78 is 19.6. The number of rotatable bonds is 5. The maximum absolute atomic E-state index is 13.2. The molecule has 2 rings (SSSR count). The van der Waals surface area contributed by atoms with Gasteiger partial charge >= 0.3 is 0 Å². The van der Waals surface area contributed by atoms with Crippen molar-refractivity contribution in [3.63, 3.8) is 0 Å². The van der Waals surface area contributed by atoms with Gasteiger partial charge in [0.25, 0.3) is 0 Å². The van der Waals surface area contributed by atoms with Gasteiger partial charge in [-0.15, -0.1) is 0 Å². The van der Waals surface area contributed by atoms with Crippen molar-refractivity contribution in [1.82, 2.24) is 5.32 Å². The molecule has 0 radical (unpaired) electrons. The lowest BCUT2D eigenvalue weighted by atomic mass is 10.0. The molecule has 1 aromatic carbocycles. The average molecular weight is 348 g/mol. The van der Waals surface area contributed by atoms with Crippen molar-refractivity contribution in [1.29, 1.82) is 0 Å². The van der Waals surface area contributed by atoms with Crippen LogP contribution in [0.1, 0.15) is 12.5 Å². The molecule has 1 fully saturated rings. The molecule has 1 saturated heterocycles. The van der Waals surface area contributed by atoms with Crippen molar-refractivity contribution in [2.45, 2.75) is 25.5 Å². The maximum Gasteiger partial charge on any atom is 0.137 e. The Kier molecular flexibility index (Phi) is 6.13. The second-order valence-electron chi connectivity index (χ2n) is 4.60. The Morgan fingerprint density at radius 3 is 3.05 bits per heavy atom. The highest BCUT2D eigenvalue weighted by atomic mass is 79.9. The van der Waals surface area contributed by atoms with E-state index in [0.717, 1.165) is 36.6 Å². The molecule has 1 aliphatic rings. The molecule has 1 heterocycles. The van der Waals surface area contributed by atoms with Gasteiger partial charge < -0.3 is 10.1 Å². The Labute approximate surface area is 126 Å². The zero-order valence-corrected chi connectivity index (χ0v) is 13.4. The van der Waals surface area contributed by atoms with Crippen LogP contribution in [0.3, 0.4) is 0 Å². The number of hydrogen-bond donors (Lipinski definition) is 1. The minimum Gasteiger partial charge on any atom is -0.375 e. The van der Waals surface area contributed by atoms with Crippen molar-refractivity contribution >= 4 is 27.7 Å². The van der Waals surface area contributed by atoms with Gasteiger partial charge in [0.05, 0.1) is 17.2 Å². The molecular weight excluding hydrogens is 329 g/mol. The fourth-order valence-electron chi connectivity index (χ4n) is 2.26. The number of nitrogens with one attached hydrogen (secondary N) is 1. The fraction of sp³-hybridized carbons (Fsp3) is 0.571. The highest BCUT2D eigenvalue weighted by molar-refractivity contribution is 9.10. The number of hydrogen-bond acceptors (Lipinski definition) is 3. The van der Waals surface area contributed by atoms with Crippen LogP contribution in [0.5, 0.6) is 0 Å². The third-order valence-electron chi connectivity index (χ3n) is 3.20. The number of thioether (sulfide) groups is 1. The van der Waals surface area contributed by atoms with Gasteiger partial charge in [-0.05, 0) is 46.6 Å². The van der Waals surface area contributed by atoms with E-state index in [1.165, 1.54) is 6.07 Å². The van der Waals surface area contributed by atoms with Crippen LogP contribution in [-0.2, 0) is 11.2 Å².